The van der Waals surface area contributed by atoms with E-state index in [1.54, 1.807) is 6.21 Å². The van der Waals surface area contributed by atoms with Crippen molar-refractivity contribution in [1.82, 2.24) is 5.43 Å². The van der Waals surface area contributed by atoms with Gasteiger partial charge in [-0.3, -0.25) is 4.79 Å². The van der Waals surface area contributed by atoms with Gasteiger partial charge in [0.05, 0.1) is 6.21 Å². The Kier molecular flexibility index (Phi) is 8.67. The molecule has 0 aliphatic carbocycles. The fraction of sp³-hybridized carbons (Fsp3) is 0.167. The Hall–Kier alpha value is -2.64. The predicted molar refractivity (Wildman–Crippen MR) is 132 cm³/mol. The highest BCUT2D eigenvalue weighted by Gasteiger charge is 2.15. The molecule has 0 aliphatic heterocycles. The lowest BCUT2D eigenvalue weighted by Crippen LogP contribution is -2.36. The zero-order valence-corrected chi connectivity index (χ0v) is 20.2. The van der Waals surface area contributed by atoms with Gasteiger partial charge in [-0.1, -0.05) is 63.0 Å². The van der Waals surface area contributed by atoms with Gasteiger partial charge in [-0.15, -0.1) is 0 Å². The van der Waals surface area contributed by atoms with Gasteiger partial charge >= 0.3 is 0 Å². The number of carbonyl (C=O) groups excluding carboxylic acids is 1. The normalized spacial score (nSPS) is 11.8. The van der Waals surface area contributed by atoms with Crippen molar-refractivity contribution in [2.45, 2.75) is 26.0 Å². The number of carbonyl (C=O) groups is 1. The van der Waals surface area contributed by atoms with E-state index in [1.807, 2.05) is 79.7 Å². The van der Waals surface area contributed by atoms with Crippen molar-refractivity contribution >= 4 is 49.7 Å². The van der Waals surface area contributed by atoms with Crippen LogP contribution < -0.4 is 15.5 Å². The molecule has 3 rings (SSSR count). The van der Waals surface area contributed by atoms with E-state index in [0.29, 0.717) is 18.8 Å². The van der Waals surface area contributed by atoms with E-state index in [4.69, 9.17) is 4.74 Å². The van der Waals surface area contributed by atoms with Crippen LogP contribution in [0.15, 0.2) is 86.8 Å². The zero-order chi connectivity index (χ0) is 22.1. The number of anilines is 1. The maximum absolute atomic E-state index is 12.5. The van der Waals surface area contributed by atoms with Gasteiger partial charge in [-0.25, -0.2) is 5.43 Å². The number of rotatable bonds is 9. The number of ether oxygens (including phenoxy) is 1. The first-order valence-corrected chi connectivity index (χ1v) is 11.4. The molecular weight excluding hydrogens is 522 g/mol. The summed E-state index contributed by atoms with van der Waals surface area (Å²) in [6, 6.07) is 22.9. The average molecular weight is 545 g/mol. The number of amides is 1. The Balaban J connectivity index is 1.58. The molecule has 5 nitrogen and oxygen atoms in total. The summed E-state index contributed by atoms with van der Waals surface area (Å²) >= 11 is 6.84. The van der Waals surface area contributed by atoms with E-state index in [-0.39, 0.29) is 11.9 Å². The summed E-state index contributed by atoms with van der Waals surface area (Å²) in [5, 5.41) is 7.36. The highest BCUT2D eigenvalue weighted by Crippen LogP contribution is 2.19. The summed E-state index contributed by atoms with van der Waals surface area (Å²) in [4.78, 5) is 12.5. The summed E-state index contributed by atoms with van der Waals surface area (Å²) in [7, 11) is 0. The Morgan fingerprint density at radius 1 is 1.00 bits per heavy atom. The Morgan fingerprint density at radius 3 is 2.32 bits per heavy atom. The SMILES string of the molecule is CCC(Nc1ccc(Br)cc1)C(=O)N/N=C/c1ccccc1OCc1ccc(Br)cc1. The Bertz CT molecular complexity index is 1020. The molecule has 0 bridgehead atoms. The van der Waals surface area contributed by atoms with Gasteiger partial charge in [-0.05, 0) is 60.5 Å². The average Bonchev–Trinajstić information content (AvgIpc) is 2.79. The molecule has 0 aromatic heterocycles. The molecule has 1 atom stereocenters. The molecule has 0 aliphatic rings. The molecule has 7 heteroatoms. The van der Waals surface area contributed by atoms with Crippen LogP contribution in [0.4, 0.5) is 5.69 Å². The number of benzene rings is 3. The lowest BCUT2D eigenvalue weighted by Gasteiger charge is -2.16. The number of para-hydroxylation sites is 1. The quantitative estimate of drug-likeness (QED) is 0.251. The Morgan fingerprint density at radius 2 is 1.65 bits per heavy atom. The van der Waals surface area contributed by atoms with Crippen molar-refractivity contribution in [1.29, 1.82) is 0 Å². The van der Waals surface area contributed by atoms with Crippen molar-refractivity contribution in [3.8, 4) is 5.75 Å². The predicted octanol–water partition coefficient (Wildman–Crippen LogP) is 6.13. The molecule has 1 unspecified atom stereocenters. The highest BCUT2D eigenvalue weighted by atomic mass is 79.9. The second-order valence-corrected chi connectivity index (χ2v) is 8.63. The number of hydrogen-bond acceptors (Lipinski definition) is 4. The van der Waals surface area contributed by atoms with Gasteiger partial charge in [0.25, 0.3) is 5.91 Å². The van der Waals surface area contributed by atoms with Crippen LogP contribution in [0.25, 0.3) is 0 Å². The summed E-state index contributed by atoms with van der Waals surface area (Å²) < 4.78 is 7.96. The second-order valence-electron chi connectivity index (χ2n) is 6.80. The van der Waals surface area contributed by atoms with E-state index in [1.165, 1.54) is 0 Å². The number of hydrogen-bond donors (Lipinski definition) is 2. The monoisotopic (exact) mass is 543 g/mol. The van der Waals surface area contributed by atoms with E-state index in [9.17, 15) is 4.79 Å². The van der Waals surface area contributed by atoms with Gasteiger partial charge in [0.2, 0.25) is 0 Å². The first-order chi connectivity index (χ1) is 15.0. The minimum absolute atomic E-state index is 0.199. The van der Waals surface area contributed by atoms with Gasteiger partial charge in [-0.2, -0.15) is 5.10 Å². The third-order valence-electron chi connectivity index (χ3n) is 4.51. The van der Waals surface area contributed by atoms with Gasteiger partial charge in [0, 0.05) is 20.2 Å². The first kappa shape index (κ1) is 23.0. The molecule has 0 heterocycles. The molecule has 0 fully saturated rings. The third-order valence-corrected chi connectivity index (χ3v) is 5.57. The van der Waals surface area contributed by atoms with Crippen LogP contribution in [0.1, 0.15) is 24.5 Å². The van der Waals surface area contributed by atoms with Crippen molar-refractivity contribution in [2.24, 2.45) is 5.10 Å². The molecule has 0 saturated carbocycles. The van der Waals surface area contributed by atoms with E-state index in [0.717, 1.165) is 25.8 Å². The minimum atomic E-state index is -0.387. The fourth-order valence-corrected chi connectivity index (χ4v) is 3.33. The van der Waals surface area contributed by atoms with E-state index < -0.39 is 0 Å². The number of hydrazone groups is 1. The third kappa shape index (κ3) is 7.22. The van der Waals surface area contributed by atoms with Gasteiger partial charge in [0.15, 0.2) is 0 Å². The molecule has 3 aromatic carbocycles. The maximum Gasteiger partial charge on any atom is 0.262 e. The molecule has 0 radical (unpaired) electrons. The van der Waals surface area contributed by atoms with Crippen molar-refractivity contribution in [3.63, 3.8) is 0 Å². The fourth-order valence-electron chi connectivity index (χ4n) is 2.80. The number of nitrogens with one attached hydrogen (secondary N) is 2. The molecule has 31 heavy (non-hydrogen) atoms. The largest absolute Gasteiger partial charge is 0.488 e. The minimum Gasteiger partial charge on any atom is -0.488 e. The molecular formula is C24H23Br2N3O2. The lowest BCUT2D eigenvalue weighted by atomic mass is 10.2. The molecule has 2 N–H and O–H groups in total. The topological polar surface area (TPSA) is 62.7 Å². The van der Waals surface area contributed by atoms with Crippen LogP contribution in [0, 0.1) is 0 Å². The van der Waals surface area contributed by atoms with Gasteiger partial charge in [0.1, 0.15) is 18.4 Å². The summed E-state index contributed by atoms with van der Waals surface area (Å²) in [6.45, 7) is 2.39. The highest BCUT2D eigenvalue weighted by molar-refractivity contribution is 9.10. The summed E-state index contributed by atoms with van der Waals surface area (Å²) in [5.74, 6) is 0.498. The van der Waals surface area contributed by atoms with Crippen LogP contribution in [-0.4, -0.2) is 18.2 Å². The molecule has 0 saturated heterocycles. The second kappa shape index (κ2) is 11.7. The lowest BCUT2D eigenvalue weighted by molar-refractivity contribution is -0.121. The van der Waals surface area contributed by atoms with Crippen LogP contribution in [0.5, 0.6) is 5.75 Å². The number of halogens is 2. The molecule has 160 valence electrons. The van der Waals surface area contributed by atoms with Crippen molar-refractivity contribution in [2.75, 3.05) is 5.32 Å². The van der Waals surface area contributed by atoms with Crippen LogP contribution in [0.3, 0.4) is 0 Å². The van der Waals surface area contributed by atoms with E-state index in [2.05, 4.69) is 47.7 Å². The molecule has 1 amide bonds. The summed E-state index contributed by atoms with van der Waals surface area (Å²) in [6.07, 6.45) is 2.23. The van der Waals surface area contributed by atoms with Crippen LogP contribution >= 0.6 is 31.9 Å². The van der Waals surface area contributed by atoms with Crippen LogP contribution in [-0.2, 0) is 11.4 Å². The van der Waals surface area contributed by atoms with Gasteiger partial charge < -0.3 is 10.1 Å². The van der Waals surface area contributed by atoms with E-state index >= 15 is 0 Å². The first-order valence-electron chi connectivity index (χ1n) is 9.86. The molecule has 3 aromatic rings. The zero-order valence-electron chi connectivity index (χ0n) is 17.0. The Labute approximate surface area is 199 Å². The smallest absolute Gasteiger partial charge is 0.262 e. The standard InChI is InChI=1S/C24H23Br2N3O2/c1-2-22(28-21-13-11-20(26)12-14-21)24(30)29-27-15-18-5-3-4-6-23(18)31-16-17-7-9-19(25)10-8-17/h3-15,22,28H,2,16H2,1H3,(H,29,30)/b27-15+. The maximum atomic E-state index is 12.5. The van der Waals surface area contributed by atoms with Crippen molar-refractivity contribution in [3.05, 3.63) is 92.9 Å². The molecule has 0 spiro atoms. The van der Waals surface area contributed by atoms with Crippen LogP contribution in [0.2, 0.25) is 0 Å². The number of nitrogens with zero attached hydrogens (tertiary/aromatic N) is 1. The summed E-state index contributed by atoms with van der Waals surface area (Å²) in [5.41, 5.74) is 5.34. The van der Waals surface area contributed by atoms with Crippen molar-refractivity contribution < 1.29 is 9.53 Å².